The molecule has 6 heteroatoms. The molecule has 1 aromatic heterocycles. The second-order valence-corrected chi connectivity index (χ2v) is 5.58. The maximum atomic E-state index is 12.4. The molecule has 1 aromatic rings. The number of nitrogens with zero attached hydrogens (tertiary/aromatic N) is 2. The highest BCUT2D eigenvalue weighted by atomic mass is 35.5. The molecule has 1 aliphatic rings. The van der Waals surface area contributed by atoms with Crippen molar-refractivity contribution in [2.24, 2.45) is 0 Å². The van der Waals surface area contributed by atoms with Gasteiger partial charge in [0.25, 0.3) is 5.91 Å². The van der Waals surface area contributed by atoms with Crippen molar-refractivity contribution < 1.29 is 9.53 Å². The maximum absolute atomic E-state index is 12.4. The zero-order valence-corrected chi connectivity index (χ0v) is 12.6. The van der Waals surface area contributed by atoms with Gasteiger partial charge in [0.2, 0.25) is 0 Å². The fraction of sp³-hybridized carbons (Fsp3) is 0.571. The van der Waals surface area contributed by atoms with Gasteiger partial charge in [-0.15, -0.1) is 0 Å². The molecule has 0 unspecified atom stereocenters. The number of halogens is 1. The lowest BCUT2D eigenvalue weighted by molar-refractivity contribution is 0.0386. The SMILES string of the molecule is COC1CCC(N(C)C(=O)c2cnc(N)c(Cl)c2)CC1. The number of carbonyl (C=O) groups is 1. The summed E-state index contributed by atoms with van der Waals surface area (Å²) < 4.78 is 5.35. The molecule has 0 aliphatic heterocycles. The first-order chi connectivity index (χ1) is 9.52. The second kappa shape index (κ2) is 6.41. The summed E-state index contributed by atoms with van der Waals surface area (Å²) in [5.74, 6) is 0.173. The van der Waals surface area contributed by atoms with Crippen molar-refractivity contribution in [2.75, 3.05) is 19.9 Å². The third-order valence-corrected chi connectivity index (χ3v) is 4.26. The van der Waals surface area contributed by atoms with E-state index in [0.717, 1.165) is 25.7 Å². The van der Waals surface area contributed by atoms with Gasteiger partial charge in [-0.2, -0.15) is 0 Å². The van der Waals surface area contributed by atoms with E-state index in [-0.39, 0.29) is 17.8 Å². The van der Waals surface area contributed by atoms with E-state index in [1.807, 2.05) is 7.05 Å². The van der Waals surface area contributed by atoms with Crippen molar-refractivity contribution in [3.63, 3.8) is 0 Å². The van der Waals surface area contributed by atoms with E-state index < -0.39 is 0 Å². The number of aromatic nitrogens is 1. The van der Waals surface area contributed by atoms with Crippen LogP contribution in [0.1, 0.15) is 36.0 Å². The molecule has 110 valence electrons. The van der Waals surface area contributed by atoms with Gasteiger partial charge in [-0.05, 0) is 31.7 Å². The van der Waals surface area contributed by atoms with Crippen molar-refractivity contribution in [3.05, 3.63) is 22.8 Å². The van der Waals surface area contributed by atoms with Crippen LogP contribution in [0.5, 0.6) is 0 Å². The van der Waals surface area contributed by atoms with E-state index in [0.29, 0.717) is 16.7 Å². The molecule has 0 atom stereocenters. The molecule has 1 amide bonds. The van der Waals surface area contributed by atoms with E-state index in [1.165, 1.54) is 6.20 Å². The Morgan fingerprint density at radius 1 is 1.45 bits per heavy atom. The van der Waals surface area contributed by atoms with Gasteiger partial charge in [-0.25, -0.2) is 4.98 Å². The molecule has 0 saturated heterocycles. The molecule has 1 fully saturated rings. The Morgan fingerprint density at radius 2 is 2.10 bits per heavy atom. The van der Waals surface area contributed by atoms with Crippen LogP contribution in [-0.4, -0.2) is 42.1 Å². The lowest BCUT2D eigenvalue weighted by atomic mass is 9.92. The van der Waals surface area contributed by atoms with Crippen LogP contribution in [0, 0.1) is 0 Å². The standard InChI is InChI=1S/C14H20ClN3O2/c1-18(10-3-5-11(20-2)6-4-10)14(19)9-7-12(15)13(16)17-8-9/h7-8,10-11H,3-6H2,1-2H3,(H2,16,17). The number of ether oxygens (including phenoxy) is 1. The van der Waals surface area contributed by atoms with E-state index in [1.54, 1.807) is 18.1 Å². The quantitative estimate of drug-likeness (QED) is 0.930. The number of methoxy groups -OCH3 is 1. The summed E-state index contributed by atoms with van der Waals surface area (Å²) in [5, 5.41) is 0.312. The Labute approximate surface area is 124 Å². The van der Waals surface area contributed by atoms with Gasteiger partial charge in [0.1, 0.15) is 5.82 Å². The molecule has 20 heavy (non-hydrogen) atoms. The van der Waals surface area contributed by atoms with Crippen molar-refractivity contribution in [2.45, 2.75) is 37.8 Å². The number of hydrogen-bond acceptors (Lipinski definition) is 4. The van der Waals surface area contributed by atoms with Crippen LogP contribution in [0.25, 0.3) is 0 Å². The summed E-state index contributed by atoms with van der Waals surface area (Å²) in [5.41, 5.74) is 6.03. The summed E-state index contributed by atoms with van der Waals surface area (Å²) in [6, 6.07) is 1.81. The minimum atomic E-state index is -0.0692. The van der Waals surface area contributed by atoms with E-state index in [2.05, 4.69) is 4.98 Å². The minimum absolute atomic E-state index is 0.0692. The molecule has 5 nitrogen and oxygen atoms in total. The van der Waals surface area contributed by atoms with Gasteiger partial charge in [0, 0.05) is 26.4 Å². The average Bonchev–Trinajstić information content (AvgIpc) is 2.48. The van der Waals surface area contributed by atoms with Crippen LogP contribution in [0.15, 0.2) is 12.3 Å². The fourth-order valence-electron chi connectivity index (χ4n) is 2.60. The normalized spacial score (nSPS) is 22.6. The number of rotatable bonds is 3. The molecule has 1 saturated carbocycles. The highest BCUT2D eigenvalue weighted by Crippen LogP contribution is 2.25. The van der Waals surface area contributed by atoms with Crippen molar-refractivity contribution in [3.8, 4) is 0 Å². The third kappa shape index (κ3) is 3.22. The molecule has 1 aliphatic carbocycles. The number of nitrogens with two attached hydrogens (primary N) is 1. The first-order valence-electron chi connectivity index (χ1n) is 6.74. The molecule has 0 spiro atoms. The van der Waals surface area contributed by atoms with Gasteiger partial charge < -0.3 is 15.4 Å². The zero-order valence-electron chi connectivity index (χ0n) is 11.8. The molecule has 0 radical (unpaired) electrons. The van der Waals surface area contributed by atoms with Crippen molar-refractivity contribution >= 4 is 23.3 Å². The molecule has 2 N–H and O–H groups in total. The van der Waals surface area contributed by atoms with Crippen LogP contribution in [0.4, 0.5) is 5.82 Å². The summed E-state index contributed by atoms with van der Waals surface area (Å²) in [7, 11) is 3.56. The maximum Gasteiger partial charge on any atom is 0.255 e. The third-order valence-electron chi connectivity index (χ3n) is 3.96. The number of amides is 1. The number of carbonyl (C=O) groups excluding carboxylic acids is 1. The number of anilines is 1. The van der Waals surface area contributed by atoms with Crippen LogP contribution in [0.2, 0.25) is 5.02 Å². The second-order valence-electron chi connectivity index (χ2n) is 5.17. The van der Waals surface area contributed by atoms with Gasteiger partial charge in [0.15, 0.2) is 0 Å². The molecule has 1 heterocycles. The van der Waals surface area contributed by atoms with Gasteiger partial charge in [-0.3, -0.25) is 4.79 Å². The topological polar surface area (TPSA) is 68.5 Å². The predicted molar refractivity (Wildman–Crippen MR) is 78.8 cm³/mol. The molecule has 0 bridgehead atoms. The molecule has 2 rings (SSSR count). The smallest absolute Gasteiger partial charge is 0.255 e. The monoisotopic (exact) mass is 297 g/mol. The Morgan fingerprint density at radius 3 is 2.65 bits per heavy atom. The summed E-state index contributed by atoms with van der Waals surface area (Å²) in [6.45, 7) is 0. The summed E-state index contributed by atoms with van der Waals surface area (Å²) in [4.78, 5) is 18.1. The van der Waals surface area contributed by atoms with Crippen LogP contribution >= 0.6 is 11.6 Å². The van der Waals surface area contributed by atoms with Crippen LogP contribution < -0.4 is 5.73 Å². The predicted octanol–water partition coefficient (Wildman–Crippen LogP) is 2.35. The Kier molecular flexibility index (Phi) is 4.83. The highest BCUT2D eigenvalue weighted by Gasteiger charge is 2.27. The van der Waals surface area contributed by atoms with E-state index >= 15 is 0 Å². The lowest BCUT2D eigenvalue weighted by Gasteiger charge is -2.34. The Bertz CT molecular complexity index is 487. The van der Waals surface area contributed by atoms with Gasteiger partial charge in [0.05, 0.1) is 16.7 Å². The molecule has 0 aromatic carbocycles. The zero-order chi connectivity index (χ0) is 14.7. The first kappa shape index (κ1) is 15.1. The minimum Gasteiger partial charge on any atom is -0.382 e. The Hall–Kier alpha value is -1.33. The largest absolute Gasteiger partial charge is 0.382 e. The van der Waals surface area contributed by atoms with E-state index in [9.17, 15) is 4.79 Å². The van der Waals surface area contributed by atoms with Crippen molar-refractivity contribution in [1.82, 2.24) is 9.88 Å². The van der Waals surface area contributed by atoms with Crippen LogP contribution in [-0.2, 0) is 4.74 Å². The fourth-order valence-corrected chi connectivity index (χ4v) is 2.77. The highest BCUT2D eigenvalue weighted by molar-refractivity contribution is 6.33. The number of pyridine rings is 1. The molecular formula is C14H20ClN3O2. The van der Waals surface area contributed by atoms with Gasteiger partial charge in [-0.1, -0.05) is 11.6 Å². The van der Waals surface area contributed by atoms with E-state index in [4.69, 9.17) is 22.1 Å². The summed E-state index contributed by atoms with van der Waals surface area (Å²) in [6.07, 6.45) is 5.68. The first-order valence-corrected chi connectivity index (χ1v) is 7.11. The summed E-state index contributed by atoms with van der Waals surface area (Å²) >= 11 is 5.91. The number of hydrogen-bond donors (Lipinski definition) is 1. The lowest BCUT2D eigenvalue weighted by Crippen LogP contribution is -2.40. The number of nitrogen functional groups attached to an aromatic ring is 1. The van der Waals surface area contributed by atoms with Gasteiger partial charge >= 0.3 is 0 Å². The van der Waals surface area contributed by atoms with Crippen molar-refractivity contribution in [1.29, 1.82) is 0 Å². The average molecular weight is 298 g/mol. The molecular weight excluding hydrogens is 278 g/mol. The Balaban J connectivity index is 2.03. The van der Waals surface area contributed by atoms with Crippen LogP contribution in [0.3, 0.4) is 0 Å².